The smallest absolute Gasteiger partial charge is 0.274 e. The number of rotatable bonds is 6. The zero-order valence-corrected chi connectivity index (χ0v) is 21.4. The van der Waals surface area contributed by atoms with Crippen molar-refractivity contribution in [2.45, 2.75) is 58.3 Å². The lowest BCUT2D eigenvalue weighted by atomic mass is 9.87. The Labute approximate surface area is 213 Å². The molecule has 1 aliphatic rings. The Morgan fingerprint density at radius 3 is 2.31 bits per heavy atom. The number of ether oxygens (including phenoxy) is 1. The molecule has 0 atom stereocenters. The molecule has 4 heteroatoms. The number of hydrogen-bond donors (Lipinski definition) is 1. The van der Waals surface area contributed by atoms with Crippen LogP contribution >= 0.6 is 0 Å². The van der Waals surface area contributed by atoms with Gasteiger partial charge in [-0.15, -0.1) is 0 Å². The molecule has 0 aliphatic heterocycles. The van der Waals surface area contributed by atoms with E-state index in [2.05, 4.69) is 44.3 Å². The molecule has 0 radical (unpaired) electrons. The summed E-state index contributed by atoms with van der Waals surface area (Å²) in [4.78, 5) is 17.9. The van der Waals surface area contributed by atoms with Gasteiger partial charge in [-0.25, -0.2) is 4.98 Å². The molecule has 1 saturated carbocycles. The summed E-state index contributed by atoms with van der Waals surface area (Å²) < 4.78 is 6.23. The van der Waals surface area contributed by atoms with E-state index in [1.54, 1.807) is 0 Å². The summed E-state index contributed by atoms with van der Waals surface area (Å²) in [6.07, 6.45) is 5.87. The Morgan fingerprint density at radius 1 is 0.917 bits per heavy atom. The molecular weight excluding hydrogens is 444 g/mol. The predicted octanol–water partition coefficient (Wildman–Crippen LogP) is 8.31. The lowest BCUT2D eigenvalue weighted by Crippen LogP contribution is -2.15. The van der Waals surface area contributed by atoms with Gasteiger partial charge in [-0.05, 0) is 71.2 Å². The summed E-state index contributed by atoms with van der Waals surface area (Å²) in [5.74, 6) is 2.02. The standard InChI is InChI=1S/C32H34N2O2/c1-32(2,3)24-14-17-26(18-15-24)36-27-16-13-23-20-30(31(35)33-25-11-5-4-6-12-25)34-29(28(23)21-27)19-22-9-7-8-10-22/h4-6,11-18,20-22H,7-10,19H2,1-3H3,(H,33,35). The van der Waals surface area contributed by atoms with Gasteiger partial charge in [0.05, 0.1) is 0 Å². The number of fused-ring (bicyclic) bond motifs is 1. The number of nitrogens with one attached hydrogen (secondary N) is 1. The topological polar surface area (TPSA) is 51.2 Å². The molecule has 1 N–H and O–H groups in total. The zero-order chi connectivity index (χ0) is 25.1. The number of carbonyl (C=O) groups excluding carboxylic acids is 1. The van der Waals surface area contributed by atoms with Crippen molar-refractivity contribution in [2.24, 2.45) is 5.92 Å². The van der Waals surface area contributed by atoms with Gasteiger partial charge >= 0.3 is 0 Å². The second-order valence-corrected chi connectivity index (χ2v) is 10.9. The van der Waals surface area contributed by atoms with Gasteiger partial charge < -0.3 is 10.1 Å². The highest BCUT2D eigenvalue weighted by atomic mass is 16.5. The van der Waals surface area contributed by atoms with Crippen LogP contribution in [0.5, 0.6) is 11.5 Å². The number of aromatic nitrogens is 1. The maximum Gasteiger partial charge on any atom is 0.274 e. The molecule has 0 spiro atoms. The number of anilines is 1. The average Bonchev–Trinajstić information content (AvgIpc) is 3.38. The molecule has 5 rings (SSSR count). The predicted molar refractivity (Wildman–Crippen MR) is 147 cm³/mol. The van der Waals surface area contributed by atoms with Crippen molar-refractivity contribution in [1.82, 2.24) is 4.98 Å². The molecule has 0 unspecified atom stereocenters. The van der Waals surface area contributed by atoms with Gasteiger partial charge in [0, 0.05) is 16.8 Å². The van der Waals surface area contributed by atoms with Crippen LogP contribution in [0.25, 0.3) is 10.8 Å². The summed E-state index contributed by atoms with van der Waals surface area (Å²) in [5.41, 5.74) is 3.57. The van der Waals surface area contributed by atoms with E-state index >= 15 is 0 Å². The molecule has 4 aromatic rings. The zero-order valence-electron chi connectivity index (χ0n) is 21.4. The number of carbonyl (C=O) groups is 1. The minimum Gasteiger partial charge on any atom is -0.457 e. The van der Waals surface area contributed by atoms with Crippen LogP contribution in [0.2, 0.25) is 0 Å². The SMILES string of the molecule is CC(C)(C)c1ccc(Oc2ccc3cc(C(=O)Nc4ccccc4)nc(CC4CCCC4)c3c2)cc1. The summed E-state index contributed by atoms with van der Waals surface area (Å²) >= 11 is 0. The molecule has 3 aromatic carbocycles. The Hall–Kier alpha value is -3.66. The number of hydrogen-bond acceptors (Lipinski definition) is 3. The number of para-hydroxylation sites is 1. The van der Waals surface area contributed by atoms with Crippen LogP contribution in [0.15, 0.2) is 78.9 Å². The number of amides is 1. The van der Waals surface area contributed by atoms with Crippen LogP contribution in [-0.2, 0) is 11.8 Å². The fourth-order valence-corrected chi connectivity index (χ4v) is 5.00. The Bertz CT molecular complexity index is 1350. The highest BCUT2D eigenvalue weighted by Crippen LogP contribution is 2.33. The number of nitrogens with zero attached hydrogens (tertiary/aromatic N) is 1. The molecule has 184 valence electrons. The molecule has 0 saturated heterocycles. The van der Waals surface area contributed by atoms with Gasteiger partial charge in [0.2, 0.25) is 0 Å². The Kier molecular flexibility index (Phi) is 6.77. The molecular formula is C32H34N2O2. The third-order valence-corrected chi connectivity index (χ3v) is 7.06. The van der Waals surface area contributed by atoms with Gasteiger partial charge in [-0.2, -0.15) is 0 Å². The van der Waals surface area contributed by atoms with E-state index in [-0.39, 0.29) is 11.3 Å². The van der Waals surface area contributed by atoms with Crippen molar-refractivity contribution in [2.75, 3.05) is 5.32 Å². The highest BCUT2D eigenvalue weighted by Gasteiger charge is 2.20. The van der Waals surface area contributed by atoms with Crippen LogP contribution in [-0.4, -0.2) is 10.9 Å². The van der Waals surface area contributed by atoms with Gasteiger partial charge in [0.15, 0.2) is 0 Å². The van der Waals surface area contributed by atoms with Crippen molar-refractivity contribution in [3.05, 3.63) is 95.8 Å². The van der Waals surface area contributed by atoms with Crippen molar-refractivity contribution in [3.63, 3.8) is 0 Å². The van der Waals surface area contributed by atoms with Crippen molar-refractivity contribution in [1.29, 1.82) is 0 Å². The Morgan fingerprint density at radius 2 is 1.61 bits per heavy atom. The van der Waals surface area contributed by atoms with Gasteiger partial charge in [0.25, 0.3) is 5.91 Å². The van der Waals surface area contributed by atoms with E-state index in [4.69, 9.17) is 9.72 Å². The fourth-order valence-electron chi connectivity index (χ4n) is 5.00. The van der Waals surface area contributed by atoms with Crippen molar-refractivity contribution in [3.8, 4) is 11.5 Å². The first-order valence-corrected chi connectivity index (χ1v) is 12.9. The maximum absolute atomic E-state index is 13.1. The first-order valence-electron chi connectivity index (χ1n) is 12.9. The van der Waals surface area contributed by atoms with E-state index in [1.165, 1.54) is 31.2 Å². The fraction of sp³-hybridized carbons (Fsp3) is 0.312. The van der Waals surface area contributed by atoms with Crippen LogP contribution in [0, 0.1) is 5.92 Å². The summed E-state index contributed by atoms with van der Waals surface area (Å²) in [7, 11) is 0. The summed E-state index contributed by atoms with van der Waals surface area (Å²) in [6.45, 7) is 6.62. The molecule has 4 nitrogen and oxygen atoms in total. The first-order chi connectivity index (χ1) is 17.3. The quantitative estimate of drug-likeness (QED) is 0.303. The third-order valence-electron chi connectivity index (χ3n) is 7.06. The largest absolute Gasteiger partial charge is 0.457 e. The van der Waals surface area contributed by atoms with Crippen LogP contribution < -0.4 is 10.1 Å². The van der Waals surface area contributed by atoms with Gasteiger partial charge in [0.1, 0.15) is 17.2 Å². The second kappa shape index (κ2) is 10.1. The molecule has 1 aromatic heterocycles. The first kappa shape index (κ1) is 24.1. The highest BCUT2D eigenvalue weighted by molar-refractivity contribution is 6.05. The molecule has 1 aliphatic carbocycles. The van der Waals surface area contributed by atoms with E-state index < -0.39 is 0 Å². The van der Waals surface area contributed by atoms with Crippen LogP contribution in [0.4, 0.5) is 5.69 Å². The maximum atomic E-state index is 13.1. The number of benzene rings is 3. The minimum atomic E-state index is -0.185. The molecule has 0 bridgehead atoms. The summed E-state index contributed by atoms with van der Waals surface area (Å²) in [5, 5.41) is 5.04. The second-order valence-electron chi connectivity index (χ2n) is 10.9. The van der Waals surface area contributed by atoms with E-state index in [0.29, 0.717) is 11.6 Å². The lowest BCUT2D eigenvalue weighted by molar-refractivity contribution is 0.102. The Balaban J connectivity index is 1.45. The lowest BCUT2D eigenvalue weighted by Gasteiger charge is -2.19. The minimum absolute atomic E-state index is 0.104. The normalized spacial score (nSPS) is 14.2. The van der Waals surface area contributed by atoms with E-state index in [9.17, 15) is 4.79 Å². The summed E-state index contributed by atoms with van der Waals surface area (Å²) in [6, 6.07) is 25.8. The van der Waals surface area contributed by atoms with Crippen LogP contribution in [0.1, 0.15) is 68.2 Å². The molecule has 1 amide bonds. The number of pyridine rings is 1. The van der Waals surface area contributed by atoms with E-state index in [1.807, 2.05) is 60.7 Å². The molecule has 1 fully saturated rings. The molecule has 36 heavy (non-hydrogen) atoms. The van der Waals surface area contributed by atoms with Crippen LogP contribution in [0.3, 0.4) is 0 Å². The monoisotopic (exact) mass is 478 g/mol. The van der Waals surface area contributed by atoms with Crippen molar-refractivity contribution < 1.29 is 9.53 Å². The van der Waals surface area contributed by atoms with Gasteiger partial charge in [-0.1, -0.05) is 82.9 Å². The van der Waals surface area contributed by atoms with E-state index in [0.717, 1.165) is 40.1 Å². The van der Waals surface area contributed by atoms with Gasteiger partial charge in [-0.3, -0.25) is 4.79 Å². The molecule has 1 heterocycles. The average molecular weight is 479 g/mol. The third kappa shape index (κ3) is 5.59. The van der Waals surface area contributed by atoms with Crippen molar-refractivity contribution >= 4 is 22.4 Å².